The molecule has 1 N–H and O–H groups in total. The molecule has 2 aliphatic rings. The van der Waals surface area contributed by atoms with Crippen molar-refractivity contribution in [3.8, 4) is 0 Å². The molecule has 8 heteroatoms. The SMILES string of the molecule is Cc1ccc2c(c1)[C@H](c1ccccc1)N(C(=O)c1ccc(S(=O)(=O)N3CCCCC3)cc1)CC(=O)N2. The number of amides is 2. The summed E-state index contributed by atoms with van der Waals surface area (Å²) in [6.45, 7) is 2.88. The largest absolute Gasteiger partial charge is 0.324 e. The molecule has 0 aromatic heterocycles. The molecule has 0 unspecified atom stereocenters. The van der Waals surface area contributed by atoms with Crippen LogP contribution in [-0.4, -0.2) is 49.1 Å². The molecule has 36 heavy (non-hydrogen) atoms. The Balaban J connectivity index is 1.52. The van der Waals surface area contributed by atoms with Crippen LogP contribution < -0.4 is 5.32 Å². The van der Waals surface area contributed by atoms with Gasteiger partial charge in [0, 0.05) is 29.9 Å². The lowest BCUT2D eigenvalue weighted by molar-refractivity contribution is -0.117. The molecular weight excluding hydrogens is 474 g/mol. The number of carbonyl (C=O) groups excluding carboxylic acids is 2. The second-order valence-corrected chi connectivity index (χ2v) is 11.3. The van der Waals surface area contributed by atoms with Crippen molar-refractivity contribution in [1.29, 1.82) is 0 Å². The number of aryl methyl sites for hydroxylation is 1. The van der Waals surface area contributed by atoms with Crippen LogP contribution in [0.2, 0.25) is 0 Å². The summed E-state index contributed by atoms with van der Waals surface area (Å²) < 4.78 is 27.6. The zero-order valence-electron chi connectivity index (χ0n) is 20.2. The molecule has 0 bridgehead atoms. The summed E-state index contributed by atoms with van der Waals surface area (Å²) in [4.78, 5) is 28.4. The summed E-state index contributed by atoms with van der Waals surface area (Å²) in [5, 5.41) is 2.93. The van der Waals surface area contributed by atoms with E-state index in [2.05, 4.69) is 5.32 Å². The quantitative estimate of drug-likeness (QED) is 0.573. The highest BCUT2D eigenvalue weighted by atomic mass is 32.2. The molecule has 2 amide bonds. The molecule has 1 fully saturated rings. The first kappa shape index (κ1) is 24.2. The predicted molar refractivity (Wildman–Crippen MR) is 138 cm³/mol. The van der Waals surface area contributed by atoms with Crippen LogP contribution in [0, 0.1) is 6.92 Å². The van der Waals surface area contributed by atoms with E-state index in [0.29, 0.717) is 24.3 Å². The van der Waals surface area contributed by atoms with Crippen molar-refractivity contribution < 1.29 is 18.0 Å². The van der Waals surface area contributed by atoms with Crippen molar-refractivity contribution in [2.24, 2.45) is 0 Å². The van der Waals surface area contributed by atoms with Crippen LogP contribution in [0.1, 0.15) is 52.4 Å². The van der Waals surface area contributed by atoms with Gasteiger partial charge < -0.3 is 10.2 Å². The molecule has 1 saturated heterocycles. The van der Waals surface area contributed by atoms with Crippen molar-refractivity contribution in [2.45, 2.75) is 37.1 Å². The van der Waals surface area contributed by atoms with Crippen LogP contribution >= 0.6 is 0 Å². The van der Waals surface area contributed by atoms with E-state index in [-0.39, 0.29) is 23.3 Å². The van der Waals surface area contributed by atoms with E-state index in [0.717, 1.165) is 36.0 Å². The molecule has 1 atom stereocenters. The molecular formula is C28H29N3O4S. The van der Waals surface area contributed by atoms with Crippen LogP contribution in [0.25, 0.3) is 0 Å². The molecule has 0 saturated carbocycles. The van der Waals surface area contributed by atoms with Gasteiger partial charge in [-0.25, -0.2) is 8.42 Å². The zero-order chi connectivity index (χ0) is 25.3. The van der Waals surface area contributed by atoms with E-state index >= 15 is 0 Å². The molecule has 0 spiro atoms. The highest BCUT2D eigenvalue weighted by molar-refractivity contribution is 7.89. The fourth-order valence-electron chi connectivity index (χ4n) is 5.00. The summed E-state index contributed by atoms with van der Waals surface area (Å²) in [6, 6.07) is 21.0. The van der Waals surface area contributed by atoms with Gasteiger partial charge >= 0.3 is 0 Å². The number of hydrogen-bond acceptors (Lipinski definition) is 4. The van der Waals surface area contributed by atoms with Gasteiger partial charge in [-0.05, 0) is 55.7 Å². The number of benzene rings is 3. The second kappa shape index (κ2) is 9.87. The average Bonchev–Trinajstić information content (AvgIpc) is 3.05. The smallest absolute Gasteiger partial charge is 0.255 e. The number of hydrogen-bond donors (Lipinski definition) is 1. The van der Waals surface area contributed by atoms with Crippen LogP contribution in [0.3, 0.4) is 0 Å². The fraction of sp³-hybridized carbons (Fsp3) is 0.286. The first-order valence-corrected chi connectivity index (χ1v) is 13.6. The molecule has 0 aliphatic carbocycles. The van der Waals surface area contributed by atoms with E-state index < -0.39 is 16.1 Å². The van der Waals surface area contributed by atoms with Gasteiger partial charge in [-0.1, -0.05) is 54.4 Å². The Morgan fingerprint density at radius 1 is 0.917 bits per heavy atom. The molecule has 2 aliphatic heterocycles. The number of carbonyl (C=O) groups is 2. The predicted octanol–water partition coefficient (Wildman–Crippen LogP) is 4.35. The number of nitrogens with one attached hydrogen (secondary N) is 1. The number of piperidine rings is 1. The number of fused-ring (bicyclic) bond motifs is 1. The Labute approximate surface area is 211 Å². The highest BCUT2D eigenvalue weighted by Crippen LogP contribution is 2.37. The summed E-state index contributed by atoms with van der Waals surface area (Å²) in [7, 11) is -3.60. The topological polar surface area (TPSA) is 86.8 Å². The monoisotopic (exact) mass is 503 g/mol. The third-order valence-electron chi connectivity index (χ3n) is 6.83. The van der Waals surface area contributed by atoms with Crippen molar-refractivity contribution in [3.63, 3.8) is 0 Å². The summed E-state index contributed by atoms with van der Waals surface area (Å²) >= 11 is 0. The van der Waals surface area contributed by atoms with Crippen LogP contribution in [0.4, 0.5) is 5.69 Å². The van der Waals surface area contributed by atoms with Gasteiger partial charge in [0.1, 0.15) is 6.54 Å². The first-order valence-electron chi connectivity index (χ1n) is 12.2. The Hall–Kier alpha value is -3.49. The minimum Gasteiger partial charge on any atom is -0.324 e. The van der Waals surface area contributed by atoms with Crippen molar-refractivity contribution >= 4 is 27.5 Å². The van der Waals surface area contributed by atoms with E-state index in [4.69, 9.17) is 0 Å². The van der Waals surface area contributed by atoms with Crippen molar-refractivity contribution in [3.05, 3.63) is 95.1 Å². The van der Waals surface area contributed by atoms with Gasteiger partial charge in [-0.3, -0.25) is 9.59 Å². The number of anilines is 1. The lowest BCUT2D eigenvalue weighted by Gasteiger charge is -2.31. The Morgan fingerprint density at radius 2 is 1.61 bits per heavy atom. The Morgan fingerprint density at radius 3 is 2.31 bits per heavy atom. The van der Waals surface area contributed by atoms with Gasteiger partial charge in [0.05, 0.1) is 10.9 Å². The maximum atomic E-state index is 13.8. The third-order valence-corrected chi connectivity index (χ3v) is 8.74. The van der Waals surface area contributed by atoms with E-state index in [1.807, 2.05) is 55.5 Å². The van der Waals surface area contributed by atoms with Crippen LogP contribution in [-0.2, 0) is 14.8 Å². The summed E-state index contributed by atoms with van der Waals surface area (Å²) in [5.74, 6) is -0.619. The standard InChI is InChI=1S/C28H29N3O4S/c1-20-10-15-25-24(18-20)27(21-8-4-2-5-9-21)31(19-26(32)29-25)28(33)22-11-13-23(14-12-22)36(34,35)30-16-6-3-7-17-30/h2,4-5,8-15,18,27H,3,6-7,16-17,19H2,1H3,(H,29,32)/t27-/m0/s1. The van der Waals surface area contributed by atoms with Gasteiger partial charge in [-0.2, -0.15) is 4.31 Å². The first-order chi connectivity index (χ1) is 17.3. The van der Waals surface area contributed by atoms with Crippen molar-refractivity contribution in [1.82, 2.24) is 9.21 Å². The number of sulfonamides is 1. The lowest BCUT2D eigenvalue weighted by atomic mass is 9.94. The zero-order valence-corrected chi connectivity index (χ0v) is 21.0. The maximum absolute atomic E-state index is 13.8. The minimum absolute atomic E-state index is 0.125. The highest BCUT2D eigenvalue weighted by Gasteiger charge is 2.34. The molecule has 2 heterocycles. The number of nitrogens with zero attached hydrogens (tertiary/aromatic N) is 2. The van der Waals surface area contributed by atoms with Gasteiger partial charge in [-0.15, -0.1) is 0 Å². The Kier molecular flexibility index (Phi) is 6.64. The van der Waals surface area contributed by atoms with Gasteiger partial charge in [0.25, 0.3) is 5.91 Å². The van der Waals surface area contributed by atoms with Crippen LogP contribution in [0.15, 0.2) is 77.7 Å². The van der Waals surface area contributed by atoms with Gasteiger partial charge in [0.2, 0.25) is 15.9 Å². The average molecular weight is 504 g/mol. The second-order valence-electron chi connectivity index (χ2n) is 9.37. The third kappa shape index (κ3) is 4.66. The Bertz CT molecular complexity index is 1380. The molecule has 7 nitrogen and oxygen atoms in total. The minimum atomic E-state index is -3.60. The number of rotatable bonds is 4. The summed E-state index contributed by atoms with van der Waals surface area (Å²) in [6.07, 6.45) is 2.75. The van der Waals surface area contributed by atoms with Gasteiger partial charge in [0.15, 0.2) is 0 Å². The molecule has 3 aromatic carbocycles. The fourth-order valence-corrected chi connectivity index (χ4v) is 6.52. The molecule has 5 rings (SSSR count). The van der Waals surface area contributed by atoms with E-state index in [1.54, 1.807) is 17.0 Å². The van der Waals surface area contributed by atoms with Crippen LogP contribution in [0.5, 0.6) is 0 Å². The molecule has 186 valence electrons. The maximum Gasteiger partial charge on any atom is 0.255 e. The normalized spacial score (nSPS) is 18.8. The van der Waals surface area contributed by atoms with Crippen molar-refractivity contribution in [2.75, 3.05) is 25.0 Å². The molecule has 0 radical (unpaired) electrons. The molecule has 3 aromatic rings. The summed E-state index contributed by atoms with van der Waals surface area (Å²) in [5.41, 5.74) is 3.75. The van der Waals surface area contributed by atoms with E-state index in [1.165, 1.54) is 16.4 Å². The van der Waals surface area contributed by atoms with E-state index in [9.17, 15) is 18.0 Å². The lowest BCUT2D eigenvalue weighted by Crippen LogP contribution is -2.39.